The second-order valence-corrected chi connectivity index (χ2v) is 6.09. The van der Waals surface area contributed by atoms with Gasteiger partial charge in [-0.3, -0.25) is 9.48 Å². The van der Waals surface area contributed by atoms with Crippen LogP contribution in [0.3, 0.4) is 0 Å². The SMILES string of the molecule is Cc1cc(C(C)NC(=O)Cn2cc(N)cn2)c(C)s1. The zero-order valence-corrected chi connectivity index (χ0v) is 12.1. The number of nitrogens with one attached hydrogen (secondary N) is 1. The number of carbonyl (C=O) groups excluding carboxylic acids is 1. The van der Waals surface area contributed by atoms with Crippen molar-refractivity contribution in [2.75, 3.05) is 5.73 Å². The van der Waals surface area contributed by atoms with Crippen LogP contribution in [0, 0.1) is 13.8 Å². The maximum atomic E-state index is 11.9. The minimum absolute atomic E-state index is 0.00496. The summed E-state index contributed by atoms with van der Waals surface area (Å²) >= 11 is 1.75. The lowest BCUT2D eigenvalue weighted by Gasteiger charge is -2.14. The number of rotatable bonds is 4. The van der Waals surface area contributed by atoms with Gasteiger partial charge in [0.15, 0.2) is 0 Å². The molecule has 2 heterocycles. The molecule has 0 saturated carbocycles. The van der Waals surface area contributed by atoms with E-state index in [1.165, 1.54) is 26.2 Å². The highest BCUT2D eigenvalue weighted by Gasteiger charge is 2.14. The maximum Gasteiger partial charge on any atom is 0.242 e. The van der Waals surface area contributed by atoms with Gasteiger partial charge in [-0.1, -0.05) is 0 Å². The third-order valence-corrected chi connectivity index (χ3v) is 3.86. The lowest BCUT2D eigenvalue weighted by atomic mass is 10.1. The number of hydrogen-bond donors (Lipinski definition) is 2. The Labute approximate surface area is 116 Å². The number of nitrogen functional groups attached to an aromatic ring is 1. The molecule has 0 radical (unpaired) electrons. The van der Waals surface area contributed by atoms with Crippen LogP contribution in [-0.2, 0) is 11.3 Å². The molecule has 0 aromatic carbocycles. The smallest absolute Gasteiger partial charge is 0.242 e. The van der Waals surface area contributed by atoms with Crippen LogP contribution in [0.2, 0.25) is 0 Å². The minimum Gasteiger partial charge on any atom is -0.396 e. The average Bonchev–Trinajstić information content (AvgIpc) is 2.84. The first kappa shape index (κ1) is 13.6. The van der Waals surface area contributed by atoms with Gasteiger partial charge in [0, 0.05) is 16.0 Å². The van der Waals surface area contributed by atoms with E-state index in [0.717, 1.165) is 0 Å². The molecule has 0 spiro atoms. The quantitative estimate of drug-likeness (QED) is 0.898. The Kier molecular flexibility index (Phi) is 3.90. The summed E-state index contributed by atoms with van der Waals surface area (Å²) < 4.78 is 1.53. The lowest BCUT2D eigenvalue weighted by Crippen LogP contribution is -2.30. The molecule has 0 aliphatic carbocycles. The molecule has 5 nitrogen and oxygen atoms in total. The first-order valence-electron chi connectivity index (χ1n) is 6.10. The number of aryl methyl sites for hydroxylation is 2. The topological polar surface area (TPSA) is 72.9 Å². The van der Waals surface area contributed by atoms with Crippen molar-refractivity contribution in [2.45, 2.75) is 33.4 Å². The number of amides is 1. The van der Waals surface area contributed by atoms with E-state index in [0.29, 0.717) is 5.69 Å². The van der Waals surface area contributed by atoms with E-state index in [9.17, 15) is 4.79 Å². The van der Waals surface area contributed by atoms with Gasteiger partial charge in [0.25, 0.3) is 0 Å². The summed E-state index contributed by atoms with van der Waals surface area (Å²) in [5.41, 5.74) is 7.29. The van der Waals surface area contributed by atoms with Crippen LogP contribution in [0.15, 0.2) is 18.5 Å². The van der Waals surface area contributed by atoms with Crippen LogP contribution in [0.5, 0.6) is 0 Å². The van der Waals surface area contributed by atoms with Gasteiger partial charge in [0.1, 0.15) is 6.54 Å². The molecule has 6 heteroatoms. The van der Waals surface area contributed by atoms with Crippen LogP contribution >= 0.6 is 11.3 Å². The van der Waals surface area contributed by atoms with E-state index in [4.69, 9.17) is 5.73 Å². The normalized spacial score (nSPS) is 12.4. The van der Waals surface area contributed by atoms with E-state index >= 15 is 0 Å². The Balaban J connectivity index is 1.97. The van der Waals surface area contributed by atoms with Gasteiger partial charge in [0.2, 0.25) is 5.91 Å². The van der Waals surface area contributed by atoms with Gasteiger partial charge in [-0.15, -0.1) is 11.3 Å². The summed E-state index contributed by atoms with van der Waals surface area (Å²) in [5, 5.41) is 6.96. The fraction of sp³-hybridized carbons (Fsp3) is 0.385. The molecule has 2 aromatic rings. The number of hydrogen-bond acceptors (Lipinski definition) is 4. The predicted octanol–water partition coefficient (Wildman–Crippen LogP) is 2.02. The van der Waals surface area contributed by atoms with Crippen LogP contribution in [0.4, 0.5) is 5.69 Å². The molecule has 19 heavy (non-hydrogen) atoms. The van der Waals surface area contributed by atoms with Crippen molar-refractivity contribution < 1.29 is 4.79 Å². The molecule has 1 unspecified atom stereocenters. The molecule has 0 fully saturated rings. The van der Waals surface area contributed by atoms with E-state index in [1.54, 1.807) is 17.5 Å². The summed E-state index contributed by atoms with van der Waals surface area (Å²) in [6.45, 7) is 6.32. The second kappa shape index (κ2) is 5.44. The molecule has 2 aromatic heterocycles. The van der Waals surface area contributed by atoms with Crippen LogP contribution in [-0.4, -0.2) is 15.7 Å². The van der Waals surface area contributed by atoms with E-state index in [2.05, 4.69) is 30.3 Å². The first-order valence-corrected chi connectivity index (χ1v) is 6.91. The largest absolute Gasteiger partial charge is 0.396 e. The van der Waals surface area contributed by atoms with Crippen molar-refractivity contribution in [1.29, 1.82) is 0 Å². The predicted molar refractivity (Wildman–Crippen MR) is 77.0 cm³/mol. The maximum absolute atomic E-state index is 11.9. The van der Waals surface area contributed by atoms with E-state index in [1.807, 2.05) is 6.92 Å². The third kappa shape index (κ3) is 3.35. The highest BCUT2D eigenvalue weighted by atomic mass is 32.1. The molecule has 3 N–H and O–H groups in total. The molecular weight excluding hydrogens is 260 g/mol. The molecular formula is C13H18N4OS. The number of nitrogens with two attached hydrogens (primary N) is 1. The van der Waals surface area contributed by atoms with Crippen LogP contribution < -0.4 is 11.1 Å². The zero-order chi connectivity index (χ0) is 14.0. The summed E-state index contributed by atoms with van der Waals surface area (Å²) in [4.78, 5) is 14.4. The van der Waals surface area contributed by atoms with Crippen molar-refractivity contribution in [3.63, 3.8) is 0 Å². The fourth-order valence-electron chi connectivity index (χ4n) is 2.06. The van der Waals surface area contributed by atoms with E-state index in [-0.39, 0.29) is 18.5 Å². The number of thiophene rings is 1. The van der Waals surface area contributed by atoms with Gasteiger partial charge in [0.05, 0.1) is 17.9 Å². The van der Waals surface area contributed by atoms with Gasteiger partial charge < -0.3 is 11.1 Å². The molecule has 0 aliphatic heterocycles. The molecule has 102 valence electrons. The Morgan fingerprint density at radius 3 is 2.84 bits per heavy atom. The highest BCUT2D eigenvalue weighted by molar-refractivity contribution is 7.12. The van der Waals surface area contributed by atoms with Crippen molar-refractivity contribution in [3.8, 4) is 0 Å². The molecule has 0 aliphatic rings. The minimum atomic E-state index is -0.0705. The third-order valence-electron chi connectivity index (χ3n) is 2.88. The summed E-state index contributed by atoms with van der Waals surface area (Å²) in [6.07, 6.45) is 3.17. The Morgan fingerprint density at radius 2 is 2.32 bits per heavy atom. The molecule has 2 rings (SSSR count). The molecule has 0 saturated heterocycles. The van der Waals surface area contributed by atoms with Crippen LogP contribution in [0.1, 0.15) is 28.3 Å². The number of nitrogens with zero attached hydrogens (tertiary/aromatic N) is 2. The Morgan fingerprint density at radius 1 is 1.58 bits per heavy atom. The highest BCUT2D eigenvalue weighted by Crippen LogP contribution is 2.25. The van der Waals surface area contributed by atoms with Crippen molar-refractivity contribution >= 4 is 22.9 Å². The first-order chi connectivity index (χ1) is 8.95. The zero-order valence-electron chi connectivity index (χ0n) is 11.3. The summed E-state index contributed by atoms with van der Waals surface area (Å²) in [6, 6.07) is 2.13. The van der Waals surface area contributed by atoms with Gasteiger partial charge in [-0.05, 0) is 32.4 Å². The molecule has 1 atom stereocenters. The second-order valence-electron chi connectivity index (χ2n) is 4.63. The van der Waals surface area contributed by atoms with E-state index < -0.39 is 0 Å². The summed E-state index contributed by atoms with van der Waals surface area (Å²) in [7, 11) is 0. The molecule has 0 bridgehead atoms. The van der Waals surface area contributed by atoms with Crippen molar-refractivity contribution in [2.24, 2.45) is 0 Å². The lowest BCUT2D eigenvalue weighted by molar-refractivity contribution is -0.122. The monoisotopic (exact) mass is 278 g/mol. The fourth-order valence-corrected chi connectivity index (χ4v) is 3.08. The average molecular weight is 278 g/mol. The standard InChI is InChI=1S/C13H18N4OS/c1-8-4-12(10(3)19-8)9(2)16-13(18)7-17-6-11(14)5-15-17/h4-6,9H,7,14H2,1-3H3,(H,16,18). The summed E-state index contributed by atoms with van der Waals surface area (Å²) in [5.74, 6) is -0.0705. The Bertz CT molecular complexity index is 587. The van der Waals surface area contributed by atoms with Gasteiger partial charge >= 0.3 is 0 Å². The number of carbonyl (C=O) groups is 1. The van der Waals surface area contributed by atoms with Gasteiger partial charge in [-0.2, -0.15) is 5.10 Å². The number of anilines is 1. The Hall–Kier alpha value is -1.82. The van der Waals surface area contributed by atoms with Crippen molar-refractivity contribution in [1.82, 2.24) is 15.1 Å². The van der Waals surface area contributed by atoms with Crippen LogP contribution in [0.25, 0.3) is 0 Å². The number of aromatic nitrogens is 2. The van der Waals surface area contributed by atoms with Crippen molar-refractivity contribution in [3.05, 3.63) is 33.8 Å². The van der Waals surface area contributed by atoms with Gasteiger partial charge in [-0.25, -0.2) is 0 Å². The molecule has 1 amide bonds.